The van der Waals surface area contributed by atoms with Gasteiger partial charge >= 0.3 is 5.63 Å². The van der Waals surface area contributed by atoms with Gasteiger partial charge in [-0.05, 0) is 56.0 Å². The maximum absolute atomic E-state index is 11.6. The fraction of sp³-hybridized carbons (Fsp3) is 0.316. The van der Waals surface area contributed by atoms with Crippen LogP contribution in [0.3, 0.4) is 0 Å². The third kappa shape index (κ3) is 3.08. The molecule has 0 aliphatic heterocycles. The Balaban J connectivity index is 1.66. The summed E-state index contributed by atoms with van der Waals surface area (Å²) in [4.78, 5) is 11.6. The highest BCUT2D eigenvalue weighted by molar-refractivity contribution is 5.86. The van der Waals surface area contributed by atoms with E-state index in [4.69, 9.17) is 4.42 Å². The van der Waals surface area contributed by atoms with Crippen LogP contribution in [0.15, 0.2) is 27.4 Å². The van der Waals surface area contributed by atoms with Gasteiger partial charge in [-0.1, -0.05) is 18.2 Å². The van der Waals surface area contributed by atoms with Crippen LogP contribution in [0.4, 0.5) is 0 Å². The van der Waals surface area contributed by atoms with E-state index in [-0.39, 0.29) is 11.7 Å². The van der Waals surface area contributed by atoms with E-state index in [2.05, 4.69) is 12.2 Å². The molecule has 2 N–H and O–H groups in total. The van der Waals surface area contributed by atoms with E-state index in [1.165, 1.54) is 0 Å². The summed E-state index contributed by atoms with van der Waals surface area (Å²) >= 11 is 0. The maximum atomic E-state index is 11.6. The molecular weight excluding hydrogens is 290 g/mol. The van der Waals surface area contributed by atoms with Gasteiger partial charge in [0, 0.05) is 18.2 Å². The van der Waals surface area contributed by atoms with Crippen LogP contribution in [-0.4, -0.2) is 11.1 Å². The SMILES string of the molecule is Cc1ccc(C[C@@H](C)NCc2c(C)oc(=O)c3c2C=C3)cc1O. The summed E-state index contributed by atoms with van der Waals surface area (Å²) in [5, 5.41) is 13.3. The fourth-order valence-corrected chi connectivity index (χ4v) is 2.84. The van der Waals surface area contributed by atoms with E-state index < -0.39 is 0 Å². The lowest BCUT2D eigenvalue weighted by atomic mass is 9.94. The summed E-state index contributed by atoms with van der Waals surface area (Å²) in [5.74, 6) is 1.01. The summed E-state index contributed by atoms with van der Waals surface area (Å²) in [5.41, 5.74) is 4.43. The van der Waals surface area contributed by atoms with Gasteiger partial charge in [-0.3, -0.25) is 0 Å². The summed E-state index contributed by atoms with van der Waals surface area (Å²) in [6.07, 6.45) is 4.57. The molecule has 1 aromatic heterocycles. The first-order chi connectivity index (χ1) is 11.0. The minimum Gasteiger partial charge on any atom is -0.508 e. The molecule has 0 radical (unpaired) electrons. The molecule has 1 aromatic carbocycles. The van der Waals surface area contributed by atoms with Crippen LogP contribution < -0.4 is 10.9 Å². The fourth-order valence-electron chi connectivity index (χ4n) is 2.84. The van der Waals surface area contributed by atoms with Crippen molar-refractivity contribution in [3.05, 3.63) is 62.2 Å². The number of hydrogen-bond donors (Lipinski definition) is 2. The van der Waals surface area contributed by atoms with Crippen molar-refractivity contribution < 1.29 is 9.52 Å². The minimum atomic E-state index is -0.257. The van der Waals surface area contributed by atoms with Gasteiger partial charge < -0.3 is 14.8 Å². The second-order valence-corrected chi connectivity index (χ2v) is 6.19. The first kappa shape index (κ1) is 15.6. The summed E-state index contributed by atoms with van der Waals surface area (Å²) in [6.45, 7) is 6.47. The Morgan fingerprint density at radius 3 is 2.61 bits per heavy atom. The maximum Gasteiger partial charge on any atom is 0.343 e. The van der Waals surface area contributed by atoms with E-state index in [0.717, 1.165) is 28.7 Å². The average Bonchev–Trinajstić information content (AvgIpc) is 2.44. The van der Waals surface area contributed by atoms with Crippen molar-refractivity contribution in [1.29, 1.82) is 0 Å². The molecule has 0 amide bonds. The molecule has 3 rings (SSSR count). The van der Waals surface area contributed by atoms with E-state index in [9.17, 15) is 9.90 Å². The quantitative estimate of drug-likeness (QED) is 0.760. The Morgan fingerprint density at radius 1 is 1.22 bits per heavy atom. The number of phenols is 1. The van der Waals surface area contributed by atoms with Crippen LogP contribution in [0.5, 0.6) is 5.75 Å². The molecule has 1 heterocycles. The van der Waals surface area contributed by atoms with Crippen molar-refractivity contribution in [2.45, 2.75) is 39.8 Å². The second kappa shape index (κ2) is 6.05. The molecule has 23 heavy (non-hydrogen) atoms. The zero-order valence-corrected chi connectivity index (χ0v) is 13.6. The molecule has 0 fully saturated rings. The zero-order chi connectivity index (χ0) is 16.6. The van der Waals surface area contributed by atoms with Crippen LogP contribution in [-0.2, 0) is 13.0 Å². The van der Waals surface area contributed by atoms with Crippen molar-refractivity contribution >= 4 is 12.2 Å². The predicted molar refractivity (Wildman–Crippen MR) is 91.5 cm³/mol. The van der Waals surface area contributed by atoms with E-state index in [1.54, 1.807) is 6.08 Å². The summed E-state index contributed by atoms with van der Waals surface area (Å²) in [7, 11) is 0. The highest BCUT2D eigenvalue weighted by Crippen LogP contribution is 2.26. The first-order valence-electron chi connectivity index (χ1n) is 7.82. The van der Waals surface area contributed by atoms with Gasteiger partial charge in [0.05, 0.1) is 5.56 Å². The number of hydrogen-bond acceptors (Lipinski definition) is 4. The molecule has 0 spiro atoms. The number of benzene rings is 1. The van der Waals surface area contributed by atoms with E-state index in [1.807, 2.05) is 38.1 Å². The third-order valence-corrected chi connectivity index (χ3v) is 4.37. The molecule has 1 atom stereocenters. The van der Waals surface area contributed by atoms with Gasteiger partial charge in [0.1, 0.15) is 11.5 Å². The van der Waals surface area contributed by atoms with Crippen molar-refractivity contribution in [1.82, 2.24) is 5.32 Å². The van der Waals surface area contributed by atoms with Crippen LogP contribution in [0.1, 0.15) is 40.5 Å². The number of phenolic OH excluding ortho intramolecular Hbond substituents is 1. The van der Waals surface area contributed by atoms with Gasteiger partial charge in [0.25, 0.3) is 0 Å². The van der Waals surface area contributed by atoms with Gasteiger partial charge in [-0.15, -0.1) is 0 Å². The lowest BCUT2D eigenvalue weighted by Crippen LogP contribution is -2.29. The summed E-state index contributed by atoms with van der Waals surface area (Å²) in [6, 6.07) is 6.02. The topological polar surface area (TPSA) is 62.5 Å². The van der Waals surface area contributed by atoms with Crippen LogP contribution in [0, 0.1) is 13.8 Å². The number of nitrogens with one attached hydrogen (secondary N) is 1. The van der Waals surface area contributed by atoms with Gasteiger partial charge in [0.2, 0.25) is 0 Å². The molecule has 4 heteroatoms. The largest absolute Gasteiger partial charge is 0.508 e. The number of aryl methyl sites for hydroxylation is 2. The van der Waals surface area contributed by atoms with Crippen molar-refractivity contribution in [3.63, 3.8) is 0 Å². The van der Waals surface area contributed by atoms with Crippen LogP contribution in [0.25, 0.3) is 12.2 Å². The highest BCUT2D eigenvalue weighted by atomic mass is 16.4. The number of rotatable bonds is 5. The minimum absolute atomic E-state index is 0.239. The Bertz CT molecular complexity index is 833. The highest BCUT2D eigenvalue weighted by Gasteiger charge is 2.19. The van der Waals surface area contributed by atoms with Gasteiger partial charge in [-0.25, -0.2) is 4.79 Å². The van der Waals surface area contributed by atoms with Crippen LogP contribution in [0.2, 0.25) is 0 Å². The standard InChI is InChI=1S/C19H21NO3/c1-11-4-5-14(9-18(11)21)8-12(2)20-10-17-13(3)23-19(22)16-7-6-15(16)17/h4-7,9,12,20-21H,8,10H2,1-3H3/t12-/m1/s1. The molecule has 120 valence electrons. The molecule has 0 bridgehead atoms. The molecule has 4 nitrogen and oxygen atoms in total. The number of fused-ring (bicyclic) bond motifs is 1. The molecule has 0 saturated heterocycles. The lowest BCUT2D eigenvalue weighted by Gasteiger charge is -2.19. The zero-order valence-electron chi connectivity index (χ0n) is 13.6. The Hall–Kier alpha value is -2.33. The van der Waals surface area contributed by atoms with Crippen molar-refractivity contribution in [3.8, 4) is 5.75 Å². The van der Waals surface area contributed by atoms with Gasteiger partial charge in [-0.2, -0.15) is 0 Å². The van der Waals surface area contributed by atoms with Gasteiger partial charge in [0.15, 0.2) is 0 Å². The normalized spacial score (nSPS) is 13.5. The van der Waals surface area contributed by atoms with Crippen molar-refractivity contribution in [2.75, 3.05) is 0 Å². The molecule has 0 unspecified atom stereocenters. The second-order valence-electron chi connectivity index (χ2n) is 6.19. The Kier molecular flexibility index (Phi) is 4.09. The predicted octanol–water partition coefficient (Wildman–Crippen LogP) is 3.17. The lowest BCUT2D eigenvalue weighted by molar-refractivity contribution is 0.458. The molecule has 2 aromatic rings. The van der Waals surface area contributed by atoms with E-state index in [0.29, 0.717) is 23.6 Å². The molecular formula is C19H21NO3. The number of aromatic hydroxyl groups is 1. The average molecular weight is 311 g/mol. The van der Waals surface area contributed by atoms with E-state index >= 15 is 0 Å². The van der Waals surface area contributed by atoms with Crippen LogP contribution >= 0.6 is 0 Å². The Morgan fingerprint density at radius 2 is 1.96 bits per heavy atom. The third-order valence-electron chi connectivity index (χ3n) is 4.37. The summed E-state index contributed by atoms with van der Waals surface area (Å²) < 4.78 is 5.27. The van der Waals surface area contributed by atoms with Crippen molar-refractivity contribution in [2.24, 2.45) is 0 Å². The monoisotopic (exact) mass is 311 g/mol. The molecule has 0 saturated carbocycles. The molecule has 1 aliphatic carbocycles. The molecule has 1 aliphatic rings. The Labute approximate surface area is 135 Å². The smallest absolute Gasteiger partial charge is 0.343 e. The first-order valence-corrected chi connectivity index (χ1v) is 7.82.